The van der Waals surface area contributed by atoms with Gasteiger partial charge in [0.25, 0.3) is 0 Å². The van der Waals surface area contributed by atoms with Gasteiger partial charge < -0.3 is 30.5 Å². The average molecular weight is 648 g/mol. The predicted molar refractivity (Wildman–Crippen MR) is 150 cm³/mol. The van der Waals surface area contributed by atoms with Crippen LogP contribution in [0.15, 0.2) is 48.5 Å². The molecular formula is C28H31F6N5O6. The molecule has 0 aliphatic carbocycles. The molecule has 1 atom stereocenters. The Morgan fingerprint density at radius 1 is 0.822 bits per heavy atom. The fraction of sp³-hybridized carbons (Fsp3) is 0.393. The lowest BCUT2D eigenvalue weighted by molar-refractivity contribution is -0.193. The molecule has 6 N–H and O–H groups in total. The third-order valence-corrected chi connectivity index (χ3v) is 6.57. The van der Waals surface area contributed by atoms with E-state index in [4.69, 9.17) is 41.1 Å². The van der Waals surface area contributed by atoms with Crippen molar-refractivity contribution in [3.63, 3.8) is 0 Å². The van der Waals surface area contributed by atoms with Crippen LogP contribution in [0.2, 0.25) is 0 Å². The lowest BCUT2D eigenvalue weighted by Crippen LogP contribution is -2.34. The lowest BCUT2D eigenvalue weighted by Gasteiger charge is -2.27. The third kappa shape index (κ3) is 11.3. The van der Waals surface area contributed by atoms with Gasteiger partial charge in [-0.3, -0.25) is 10.8 Å². The molecule has 2 aliphatic rings. The number of esters is 1. The molecule has 2 saturated heterocycles. The van der Waals surface area contributed by atoms with Crippen LogP contribution in [-0.4, -0.2) is 89.3 Å². The second-order valence-electron chi connectivity index (χ2n) is 9.78. The fourth-order valence-electron chi connectivity index (χ4n) is 4.34. The number of carbonyl (C=O) groups excluding carboxylic acids is 1. The van der Waals surface area contributed by atoms with Gasteiger partial charge in [-0.15, -0.1) is 0 Å². The number of carboxylic acids is 2. The van der Waals surface area contributed by atoms with Crippen molar-refractivity contribution in [3.05, 3.63) is 65.2 Å². The van der Waals surface area contributed by atoms with Gasteiger partial charge in [-0.1, -0.05) is 24.3 Å². The Labute approximate surface area is 253 Å². The van der Waals surface area contributed by atoms with Crippen molar-refractivity contribution in [1.82, 2.24) is 4.90 Å². The number of hydrogen-bond donors (Lipinski definition) is 5. The molecule has 0 saturated carbocycles. The number of aliphatic carboxylic acids is 2. The highest BCUT2D eigenvalue weighted by Crippen LogP contribution is 2.27. The van der Waals surface area contributed by atoms with Crippen molar-refractivity contribution in [1.29, 1.82) is 10.8 Å². The highest BCUT2D eigenvalue weighted by Gasteiger charge is 2.39. The molecule has 2 heterocycles. The molecule has 246 valence electrons. The molecule has 0 amide bonds. The number of carbonyl (C=O) groups is 3. The number of anilines is 1. The number of alkyl halides is 6. The van der Waals surface area contributed by atoms with Crippen LogP contribution in [0, 0.1) is 10.8 Å². The summed E-state index contributed by atoms with van der Waals surface area (Å²) in [6, 6.07) is 14.9. The van der Waals surface area contributed by atoms with Crippen molar-refractivity contribution in [3.8, 4) is 0 Å². The first-order valence-corrected chi connectivity index (χ1v) is 13.3. The summed E-state index contributed by atoms with van der Waals surface area (Å²) in [5.41, 5.74) is 8.64. The van der Waals surface area contributed by atoms with Gasteiger partial charge in [-0.25, -0.2) is 14.4 Å². The maximum absolute atomic E-state index is 12.6. The maximum Gasteiger partial charge on any atom is 0.490 e. The zero-order chi connectivity index (χ0) is 33.9. The molecule has 2 aromatic rings. The van der Waals surface area contributed by atoms with Gasteiger partial charge in [0.05, 0.1) is 11.6 Å². The second kappa shape index (κ2) is 15.8. The Kier molecular flexibility index (Phi) is 12.7. The summed E-state index contributed by atoms with van der Waals surface area (Å²) in [6.45, 7) is 3.05. The van der Waals surface area contributed by atoms with Gasteiger partial charge >= 0.3 is 30.3 Å². The van der Waals surface area contributed by atoms with Crippen LogP contribution in [0.3, 0.4) is 0 Å². The van der Waals surface area contributed by atoms with E-state index >= 15 is 0 Å². The minimum Gasteiger partial charge on any atom is -0.475 e. The number of ether oxygens (including phenoxy) is 1. The number of hydrogen-bond acceptors (Lipinski definition) is 7. The lowest BCUT2D eigenvalue weighted by atomic mass is 10.1. The van der Waals surface area contributed by atoms with Crippen LogP contribution < -0.4 is 10.6 Å². The zero-order valence-corrected chi connectivity index (χ0v) is 23.6. The normalized spacial score (nSPS) is 16.1. The van der Waals surface area contributed by atoms with Gasteiger partial charge in [-0.05, 0) is 49.9 Å². The molecule has 0 unspecified atom stereocenters. The van der Waals surface area contributed by atoms with Crippen LogP contribution in [0.4, 0.5) is 32.0 Å². The van der Waals surface area contributed by atoms with Crippen LogP contribution >= 0.6 is 0 Å². The Morgan fingerprint density at radius 3 is 1.82 bits per heavy atom. The molecule has 2 fully saturated rings. The van der Waals surface area contributed by atoms with Gasteiger partial charge in [0, 0.05) is 36.4 Å². The summed E-state index contributed by atoms with van der Waals surface area (Å²) < 4.78 is 69.1. The van der Waals surface area contributed by atoms with E-state index in [1.54, 1.807) is 12.1 Å². The molecule has 4 rings (SSSR count). The summed E-state index contributed by atoms with van der Waals surface area (Å²) in [4.78, 5) is 34.7. The van der Waals surface area contributed by atoms with Gasteiger partial charge in [0.15, 0.2) is 0 Å². The number of nitrogens with two attached hydrogens (primary N) is 1. The van der Waals surface area contributed by atoms with E-state index in [0.717, 1.165) is 56.6 Å². The Hall–Kier alpha value is -4.83. The highest BCUT2D eigenvalue weighted by atomic mass is 19.4. The monoisotopic (exact) mass is 647 g/mol. The van der Waals surface area contributed by atoms with Crippen LogP contribution in [0.25, 0.3) is 0 Å². The number of nitrogens with zero attached hydrogens (tertiary/aromatic N) is 2. The van der Waals surface area contributed by atoms with E-state index in [2.05, 4.69) is 9.80 Å². The van der Waals surface area contributed by atoms with Crippen molar-refractivity contribution in [2.24, 2.45) is 5.73 Å². The second-order valence-corrected chi connectivity index (χ2v) is 9.78. The first kappa shape index (κ1) is 36.4. The quantitative estimate of drug-likeness (QED) is 0.131. The van der Waals surface area contributed by atoms with E-state index < -0.39 is 24.3 Å². The third-order valence-electron chi connectivity index (χ3n) is 6.57. The number of nitrogen functional groups attached to an aromatic ring is 1. The highest BCUT2D eigenvalue weighted by molar-refractivity contribution is 5.98. The molecule has 11 nitrogen and oxygen atoms in total. The summed E-state index contributed by atoms with van der Waals surface area (Å²) in [5, 5.41) is 30.2. The molecule has 17 heteroatoms. The number of rotatable bonds is 6. The number of amidine groups is 2. The topological polar surface area (TPSA) is 181 Å². The van der Waals surface area contributed by atoms with Crippen molar-refractivity contribution in [2.75, 3.05) is 31.1 Å². The summed E-state index contributed by atoms with van der Waals surface area (Å²) in [7, 11) is 0. The van der Waals surface area contributed by atoms with E-state index in [-0.39, 0.29) is 17.8 Å². The van der Waals surface area contributed by atoms with Crippen molar-refractivity contribution >= 4 is 35.3 Å². The number of halogens is 6. The van der Waals surface area contributed by atoms with Crippen LogP contribution in [0.1, 0.15) is 47.2 Å². The van der Waals surface area contributed by atoms with Crippen LogP contribution in [0.5, 0.6) is 0 Å². The first-order chi connectivity index (χ1) is 20.9. The summed E-state index contributed by atoms with van der Waals surface area (Å²) in [6.07, 6.45) is -5.93. The van der Waals surface area contributed by atoms with E-state index in [1.807, 2.05) is 36.4 Å². The molecule has 2 aromatic carbocycles. The molecule has 45 heavy (non-hydrogen) atoms. The number of benzene rings is 2. The van der Waals surface area contributed by atoms with Crippen LogP contribution in [-0.2, 0) is 14.3 Å². The van der Waals surface area contributed by atoms with E-state index in [1.165, 1.54) is 0 Å². The molecule has 0 aromatic heterocycles. The van der Waals surface area contributed by atoms with E-state index in [0.29, 0.717) is 23.6 Å². The van der Waals surface area contributed by atoms with Gasteiger partial charge in [0.1, 0.15) is 18.3 Å². The van der Waals surface area contributed by atoms with Gasteiger partial charge in [-0.2, -0.15) is 26.3 Å². The molecule has 0 spiro atoms. The summed E-state index contributed by atoms with van der Waals surface area (Å²) >= 11 is 0. The molecule has 0 bridgehead atoms. The average Bonchev–Trinajstić information content (AvgIpc) is 3.68. The minimum absolute atomic E-state index is 0.0466. The minimum atomic E-state index is -5.08. The maximum atomic E-state index is 12.6. The van der Waals surface area contributed by atoms with Gasteiger partial charge in [0.2, 0.25) is 0 Å². The molecule has 2 aliphatic heterocycles. The van der Waals surface area contributed by atoms with Crippen molar-refractivity contribution < 1.29 is 55.7 Å². The first-order valence-electron chi connectivity index (χ1n) is 13.3. The van der Waals surface area contributed by atoms with Crippen molar-refractivity contribution in [2.45, 2.75) is 44.1 Å². The zero-order valence-electron chi connectivity index (χ0n) is 23.6. The SMILES string of the molecule is N=C(N)c1cccc(N2CCC[C@@H]2COC(=O)c2ccc(C(=N)N3CCCC3)cc2)c1.O=C(O)C(F)(F)F.O=C(O)C(F)(F)F. The Morgan fingerprint density at radius 2 is 1.33 bits per heavy atom. The van der Waals surface area contributed by atoms with E-state index in [9.17, 15) is 31.1 Å². The Balaban J connectivity index is 0.000000421. The largest absolute Gasteiger partial charge is 0.490 e. The molecule has 0 radical (unpaired) electrons. The standard InChI is InChI=1S/C24H29N5O2.2C2HF3O2/c25-22(26)19-5-3-6-20(15-19)29-14-4-7-21(29)16-31-24(30)18-10-8-17(9-11-18)23(27)28-12-1-2-13-28;2*3-2(4,5)1(6)7/h3,5-6,8-11,15,21,27H,1-2,4,7,12-14,16H2,(H3,25,26);2*(H,6,7)/t21-;;/m1../s1. The number of likely N-dealkylation sites (tertiary alicyclic amines) is 1. The number of nitrogens with one attached hydrogen (secondary N) is 2. The molecular weight excluding hydrogens is 616 g/mol. The predicted octanol–water partition coefficient (Wildman–Crippen LogP) is 4.48. The Bertz CT molecular complexity index is 1340. The fourth-order valence-corrected chi connectivity index (χ4v) is 4.34. The number of carboxylic acid groups (broad SMARTS) is 2. The smallest absolute Gasteiger partial charge is 0.475 e. The summed E-state index contributed by atoms with van der Waals surface area (Å²) in [5.74, 6) is -5.29.